The van der Waals surface area contributed by atoms with E-state index in [4.69, 9.17) is 29.0 Å². The summed E-state index contributed by atoms with van der Waals surface area (Å²) in [6, 6.07) is 7.22. The molecule has 0 aliphatic carbocycles. The zero-order valence-electron chi connectivity index (χ0n) is 21.9. The second-order valence-corrected chi connectivity index (χ2v) is 11.6. The molecule has 5 atom stereocenters. The largest absolute Gasteiger partial charge is 0.462 e. The van der Waals surface area contributed by atoms with Crippen LogP contribution in [-0.2, 0) is 32.9 Å². The topological polar surface area (TPSA) is 199 Å². The van der Waals surface area contributed by atoms with Crippen LogP contribution in [0.15, 0.2) is 41.5 Å². The number of benzene rings is 1. The van der Waals surface area contributed by atoms with Crippen molar-refractivity contribution in [3.05, 3.63) is 47.0 Å². The Kier molecular flexibility index (Phi) is 7.40. The highest BCUT2D eigenvalue weighted by Gasteiger charge is 2.56. The SMILES string of the molecule is CC(C)OC(=O)[C@H](C)NP(=O)(OC[C@]12CC(=O)O[C@@H](C1)[C@H](n1cnc3c(=O)[nH]c(N)nc31)O2)Oc1ccccc1. The number of imidazole rings is 1. The standard InChI is InChI=1S/C24H29N6O9P/c1-13(2)36-22(33)14(3)29-40(34,39-15-7-5-4-6-8-15)35-11-24-9-16(37-17(31)10-24)21(38-24)30-12-26-18-19(30)27-23(25)28-20(18)32/h4-8,12-14,16,21H,9-11H2,1-3H3,(H,29,34)(H3,25,27,28,32)/t14-,16-,21+,24+,40?/m0/s1. The molecule has 15 nitrogen and oxygen atoms in total. The first-order chi connectivity index (χ1) is 19.0. The van der Waals surface area contributed by atoms with Crippen molar-refractivity contribution < 1.29 is 37.4 Å². The fourth-order valence-corrected chi connectivity index (χ4v) is 6.15. The number of esters is 2. The fourth-order valence-electron chi connectivity index (χ4n) is 4.58. The predicted molar refractivity (Wildman–Crippen MR) is 139 cm³/mol. The summed E-state index contributed by atoms with van der Waals surface area (Å²) < 4.78 is 43.9. The molecular weight excluding hydrogens is 547 g/mol. The van der Waals surface area contributed by atoms with Crippen molar-refractivity contribution in [1.82, 2.24) is 24.6 Å². The summed E-state index contributed by atoms with van der Waals surface area (Å²) >= 11 is 0. The van der Waals surface area contributed by atoms with Crippen LogP contribution in [0.1, 0.15) is 39.8 Å². The number of nitrogens with one attached hydrogen (secondary N) is 2. The third-order valence-electron chi connectivity index (χ3n) is 6.26. The van der Waals surface area contributed by atoms with Crippen LogP contribution < -0.4 is 20.9 Å². The highest BCUT2D eigenvalue weighted by molar-refractivity contribution is 7.52. The lowest BCUT2D eigenvalue weighted by molar-refractivity contribution is -0.156. The Morgan fingerprint density at radius 3 is 2.77 bits per heavy atom. The average Bonchev–Trinajstić information content (AvgIpc) is 3.41. The van der Waals surface area contributed by atoms with Gasteiger partial charge < -0.3 is 24.5 Å². The normalized spacial score (nSPS) is 24.4. The molecule has 0 radical (unpaired) electrons. The number of nitrogens with two attached hydrogens (primary N) is 1. The highest BCUT2D eigenvalue weighted by Crippen LogP contribution is 2.50. The number of nitrogen functional groups attached to an aromatic ring is 1. The van der Waals surface area contributed by atoms with E-state index in [1.165, 1.54) is 17.8 Å². The summed E-state index contributed by atoms with van der Waals surface area (Å²) in [5, 5.41) is 2.62. The summed E-state index contributed by atoms with van der Waals surface area (Å²) in [6.07, 6.45) is -0.785. The maximum atomic E-state index is 13.9. The van der Waals surface area contributed by atoms with Crippen molar-refractivity contribution in [2.45, 2.75) is 63.7 Å². The molecule has 1 unspecified atom stereocenters. The van der Waals surface area contributed by atoms with Crippen LogP contribution in [0.4, 0.5) is 5.95 Å². The van der Waals surface area contributed by atoms with Gasteiger partial charge in [-0.2, -0.15) is 10.1 Å². The van der Waals surface area contributed by atoms with E-state index in [9.17, 15) is 18.9 Å². The van der Waals surface area contributed by atoms with Gasteiger partial charge in [-0.1, -0.05) is 18.2 Å². The number of carbonyl (C=O) groups excluding carboxylic acids is 2. The van der Waals surface area contributed by atoms with Crippen molar-refractivity contribution in [2.75, 3.05) is 12.3 Å². The van der Waals surface area contributed by atoms with E-state index in [0.717, 1.165) is 0 Å². The number of ether oxygens (including phenoxy) is 3. The molecule has 2 aliphatic heterocycles. The maximum Gasteiger partial charge on any atom is 0.459 e. The maximum absolute atomic E-state index is 13.9. The van der Waals surface area contributed by atoms with Crippen LogP contribution in [0.3, 0.4) is 0 Å². The van der Waals surface area contributed by atoms with Crippen molar-refractivity contribution in [3.8, 4) is 5.75 Å². The summed E-state index contributed by atoms with van der Waals surface area (Å²) in [4.78, 5) is 47.9. The van der Waals surface area contributed by atoms with Crippen molar-refractivity contribution in [3.63, 3.8) is 0 Å². The molecule has 0 spiro atoms. The summed E-state index contributed by atoms with van der Waals surface area (Å²) in [6.45, 7) is 4.49. The zero-order chi connectivity index (χ0) is 28.7. The Labute approximate surface area is 227 Å². The minimum atomic E-state index is -4.23. The Morgan fingerprint density at radius 2 is 2.05 bits per heavy atom. The van der Waals surface area contributed by atoms with Gasteiger partial charge in [-0.3, -0.25) is 28.5 Å². The number of nitrogens with zero attached hydrogens (tertiary/aromatic N) is 3. The number of aromatic nitrogens is 4. The van der Waals surface area contributed by atoms with Crippen LogP contribution in [0.2, 0.25) is 0 Å². The molecule has 2 aliphatic rings. The first-order valence-corrected chi connectivity index (χ1v) is 14.1. The van der Waals surface area contributed by atoms with Gasteiger partial charge in [0.15, 0.2) is 17.4 Å². The molecule has 4 heterocycles. The van der Waals surface area contributed by atoms with Gasteiger partial charge in [-0.15, -0.1) is 0 Å². The Balaban J connectivity index is 1.40. The third kappa shape index (κ3) is 5.72. The molecule has 0 saturated carbocycles. The average molecular weight is 577 g/mol. The number of anilines is 1. The molecule has 0 amide bonds. The van der Waals surface area contributed by atoms with E-state index in [0.29, 0.717) is 0 Å². The molecule has 2 fully saturated rings. The van der Waals surface area contributed by atoms with Gasteiger partial charge in [0.05, 0.1) is 25.5 Å². The molecular formula is C24H29N6O9P. The Hall–Kier alpha value is -3.78. The van der Waals surface area contributed by atoms with Crippen LogP contribution in [-0.4, -0.2) is 61.9 Å². The molecule has 4 N–H and O–H groups in total. The van der Waals surface area contributed by atoms with Crippen molar-refractivity contribution in [1.29, 1.82) is 0 Å². The lowest BCUT2D eigenvalue weighted by Gasteiger charge is -2.31. The van der Waals surface area contributed by atoms with Gasteiger partial charge >= 0.3 is 19.7 Å². The number of aromatic amines is 1. The quantitative estimate of drug-likeness (QED) is 0.233. The van der Waals surface area contributed by atoms with Crippen molar-refractivity contribution in [2.24, 2.45) is 0 Å². The van der Waals surface area contributed by atoms with E-state index in [-0.39, 0.29) is 48.4 Å². The summed E-state index contributed by atoms with van der Waals surface area (Å²) in [7, 11) is -4.23. The molecule has 40 heavy (non-hydrogen) atoms. The van der Waals surface area contributed by atoms with Gasteiger partial charge in [0, 0.05) is 6.42 Å². The number of carbonyl (C=O) groups is 2. The van der Waals surface area contributed by atoms with Crippen LogP contribution in [0.25, 0.3) is 11.2 Å². The number of fused-ring (bicyclic) bond motifs is 3. The van der Waals surface area contributed by atoms with Crippen LogP contribution in [0.5, 0.6) is 5.75 Å². The fraction of sp³-hybridized carbons (Fsp3) is 0.458. The zero-order valence-corrected chi connectivity index (χ0v) is 22.8. The lowest BCUT2D eigenvalue weighted by atomic mass is 9.93. The smallest absolute Gasteiger partial charge is 0.459 e. The molecule has 214 valence electrons. The number of H-pyrrole nitrogens is 1. The predicted octanol–water partition coefficient (Wildman–Crippen LogP) is 1.81. The van der Waals surface area contributed by atoms with Gasteiger partial charge in [0.25, 0.3) is 5.56 Å². The van der Waals surface area contributed by atoms with E-state index in [1.807, 2.05) is 0 Å². The van der Waals surface area contributed by atoms with E-state index < -0.39 is 49.2 Å². The first kappa shape index (κ1) is 27.8. The third-order valence-corrected chi connectivity index (χ3v) is 7.88. The van der Waals surface area contributed by atoms with Crippen LogP contribution >= 0.6 is 7.75 Å². The van der Waals surface area contributed by atoms with Gasteiger partial charge in [-0.25, -0.2) is 9.55 Å². The van der Waals surface area contributed by atoms with Gasteiger partial charge in [0.1, 0.15) is 23.5 Å². The molecule has 2 bridgehead atoms. The summed E-state index contributed by atoms with van der Waals surface area (Å²) in [5.74, 6) is -1.10. The van der Waals surface area contributed by atoms with E-state index in [1.54, 1.807) is 44.2 Å². The monoisotopic (exact) mass is 576 g/mol. The number of hydrogen-bond donors (Lipinski definition) is 3. The molecule has 5 rings (SSSR count). The minimum absolute atomic E-state index is 0.0307. The van der Waals surface area contributed by atoms with E-state index >= 15 is 0 Å². The molecule has 2 saturated heterocycles. The second-order valence-electron chi connectivity index (χ2n) is 9.89. The second kappa shape index (κ2) is 10.7. The number of hydrogen-bond acceptors (Lipinski definition) is 12. The number of rotatable bonds is 10. The Bertz CT molecular complexity index is 1530. The van der Waals surface area contributed by atoms with E-state index in [2.05, 4.69) is 20.0 Å². The van der Waals surface area contributed by atoms with Gasteiger partial charge in [0.2, 0.25) is 5.95 Å². The molecule has 3 aromatic rings. The molecule has 16 heteroatoms. The molecule has 2 aromatic heterocycles. The van der Waals surface area contributed by atoms with Gasteiger partial charge in [-0.05, 0) is 32.9 Å². The lowest BCUT2D eigenvalue weighted by Crippen LogP contribution is -2.42. The molecule has 1 aromatic carbocycles. The van der Waals surface area contributed by atoms with Crippen molar-refractivity contribution >= 4 is 36.8 Å². The summed E-state index contributed by atoms with van der Waals surface area (Å²) in [5.41, 5.74) is 4.08. The highest BCUT2D eigenvalue weighted by atomic mass is 31.2. The first-order valence-electron chi connectivity index (χ1n) is 12.5. The Morgan fingerprint density at radius 1 is 1.30 bits per heavy atom. The van der Waals surface area contributed by atoms with Crippen LogP contribution in [0, 0.1) is 0 Å². The minimum Gasteiger partial charge on any atom is -0.462 e. The number of para-hydroxylation sites is 1.